The molecule has 1 atom stereocenters. The molecule has 0 bridgehead atoms. The molecule has 3 nitrogen and oxygen atoms in total. The summed E-state index contributed by atoms with van der Waals surface area (Å²) in [6.07, 6.45) is 0. The highest BCUT2D eigenvalue weighted by Gasteiger charge is 2.11. The lowest BCUT2D eigenvalue weighted by Gasteiger charge is -2.10. The zero-order chi connectivity index (χ0) is 11.4. The Kier molecular flexibility index (Phi) is 3.60. The Morgan fingerprint density at radius 3 is 2.60 bits per heavy atom. The van der Waals surface area contributed by atoms with Crippen molar-refractivity contribution in [1.29, 1.82) is 0 Å². The maximum Gasteiger partial charge on any atom is 0.185 e. The summed E-state index contributed by atoms with van der Waals surface area (Å²) < 4.78 is 25.9. The van der Waals surface area contributed by atoms with E-state index in [0.29, 0.717) is 5.56 Å². The second kappa shape index (κ2) is 4.72. The molecule has 1 aromatic carbocycles. The van der Waals surface area contributed by atoms with Gasteiger partial charge in [-0.2, -0.15) is 0 Å². The number of hydrogen-bond donors (Lipinski definition) is 2. The van der Waals surface area contributed by atoms with E-state index in [0.717, 1.165) is 6.07 Å². The first-order valence-electron chi connectivity index (χ1n) is 4.51. The standard InChI is InChI=1S/C10H13F2N3/c1-6(5-15-10(13)14)8-3-2-7(11)4-9(8)12/h2-4,6H,5H2,1H3,(H4,13,14,15). The Morgan fingerprint density at radius 1 is 1.40 bits per heavy atom. The van der Waals surface area contributed by atoms with Crippen LogP contribution < -0.4 is 11.5 Å². The Balaban J connectivity index is 2.82. The molecule has 4 N–H and O–H groups in total. The number of nitrogens with two attached hydrogens (primary N) is 2. The van der Waals surface area contributed by atoms with Gasteiger partial charge in [0.25, 0.3) is 0 Å². The van der Waals surface area contributed by atoms with Crippen molar-refractivity contribution in [3.05, 3.63) is 35.4 Å². The van der Waals surface area contributed by atoms with E-state index in [2.05, 4.69) is 4.99 Å². The van der Waals surface area contributed by atoms with Gasteiger partial charge in [-0.3, -0.25) is 4.99 Å². The van der Waals surface area contributed by atoms with Gasteiger partial charge in [0.05, 0.1) is 0 Å². The summed E-state index contributed by atoms with van der Waals surface area (Å²) in [5.74, 6) is -1.39. The fourth-order valence-electron chi connectivity index (χ4n) is 1.24. The van der Waals surface area contributed by atoms with Crippen molar-refractivity contribution in [3.63, 3.8) is 0 Å². The molecule has 0 saturated carbocycles. The van der Waals surface area contributed by atoms with Crippen LogP contribution in [-0.4, -0.2) is 12.5 Å². The van der Waals surface area contributed by atoms with Crippen molar-refractivity contribution in [2.75, 3.05) is 6.54 Å². The summed E-state index contributed by atoms with van der Waals surface area (Å²) in [5, 5.41) is 0. The average Bonchev–Trinajstić information content (AvgIpc) is 2.14. The SMILES string of the molecule is CC(CN=C(N)N)c1ccc(F)cc1F. The van der Waals surface area contributed by atoms with Gasteiger partial charge in [-0.25, -0.2) is 8.78 Å². The van der Waals surface area contributed by atoms with Crippen LogP contribution in [0.5, 0.6) is 0 Å². The van der Waals surface area contributed by atoms with Gasteiger partial charge in [-0.05, 0) is 11.6 Å². The third-order valence-corrected chi connectivity index (χ3v) is 2.04. The molecule has 1 unspecified atom stereocenters. The fraction of sp³-hybridized carbons (Fsp3) is 0.300. The third kappa shape index (κ3) is 3.19. The quantitative estimate of drug-likeness (QED) is 0.588. The highest BCUT2D eigenvalue weighted by Crippen LogP contribution is 2.19. The number of rotatable bonds is 3. The van der Waals surface area contributed by atoms with Crippen LogP contribution in [-0.2, 0) is 0 Å². The maximum absolute atomic E-state index is 13.3. The van der Waals surface area contributed by atoms with Crippen LogP contribution in [0.1, 0.15) is 18.4 Å². The smallest absolute Gasteiger partial charge is 0.185 e. The van der Waals surface area contributed by atoms with Crippen molar-refractivity contribution >= 4 is 5.96 Å². The maximum atomic E-state index is 13.3. The molecule has 0 amide bonds. The van der Waals surface area contributed by atoms with E-state index < -0.39 is 11.6 Å². The van der Waals surface area contributed by atoms with E-state index in [4.69, 9.17) is 11.5 Å². The molecule has 1 aromatic rings. The molecule has 0 heterocycles. The summed E-state index contributed by atoms with van der Waals surface area (Å²) in [6, 6.07) is 3.46. The molecule has 0 saturated heterocycles. The molecule has 0 fully saturated rings. The largest absolute Gasteiger partial charge is 0.370 e. The lowest BCUT2D eigenvalue weighted by atomic mass is 10.0. The molecule has 0 aromatic heterocycles. The van der Waals surface area contributed by atoms with Crippen LogP contribution in [0.4, 0.5) is 8.78 Å². The van der Waals surface area contributed by atoms with Crippen molar-refractivity contribution < 1.29 is 8.78 Å². The molecule has 82 valence electrons. The minimum absolute atomic E-state index is 0.0376. The molecule has 0 aliphatic carbocycles. The first-order valence-corrected chi connectivity index (χ1v) is 4.51. The van der Waals surface area contributed by atoms with Gasteiger partial charge in [0.15, 0.2) is 5.96 Å². The lowest BCUT2D eigenvalue weighted by molar-refractivity contribution is 0.560. The van der Waals surface area contributed by atoms with E-state index in [1.807, 2.05) is 0 Å². The van der Waals surface area contributed by atoms with Crippen molar-refractivity contribution in [1.82, 2.24) is 0 Å². The number of benzene rings is 1. The summed E-state index contributed by atoms with van der Waals surface area (Å²) in [5.41, 5.74) is 10.7. The van der Waals surface area contributed by atoms with Crippen LogP contribution in [0.3, 0.4) is 0 Å². The van der Waals surface area contributed by atoms with Gasteiger partial charge in [0, 0.05) is 18.5 Å². The Bertz CT molecular complexity index is 373. The van der Waals surface area contributed by atoms with E-state index in [9.17, 15) is 8.78 Å². The Hall–Kier alpha value is -1.65. The highest BCUT2D eigenvalue weighted by molar-refractivity contribution is 5.75. The van der Waals surface area contributed by atoms with E-state index in [-0.39, 0.29) is 18.4 Å². The summed E-state index contributed by atoms with van der Waals surface area (Å²) in [7, 11) is 0. The number of hydrogen-bond acceptors (Lipinski definition) is 1. The number of aliphatic imine (C=N–C) groups is 1. The third-order valence-electron chi connectivity index (χ3n) is 2.04. The van der Waals surface area contributed by atoms with Crippen molar-refractivity contribution in [3.8, 4) is 0 Å². The molecule has 0 spiro atoms. The van der Waals surface area contributed by atoms with Crippen LogP contribution >= 0.6 is 0 Å². The van der Waals surface area contributed by atoms with Gasteiger partial charge in [-0.15, -0.1) is 0 Å². The van der Waals surface area contributed by atoms with Crippen LogP contribution in [0.15, 0.2) is 23.2 Å². The highest BCUT2D eigenvalue weighted by atomic mass is 19.1. The molecular formula is C10H13F2N3. The molecular weight excluding hydrogens is 200 g/mol. The minimum atomic E-state index is -0.592. The average molecular weight is 213 g/mol. The van der Waals surface area contributed by atoms with E-state index in [1.165, 1.54) is 12.1 Å². The van der Waals surface area contributed by atoms with Crippen LogP contribution in [0, 0.1) is 11.6 Å². The topological polar surface area (TPSA) is 64.4 Å². The molecule has 0 aliphatic heterocycles. The molecule has 1 rings (SSSR count). The molecule has 15 heavy (non-hydrogen) atoms. The predicted octanol–water partition coefficient (Wildman–Crippen LogP) is 1.34. The Labute approximate surface area is 86.8 Å². The van der Waals surface area contributed by atoms with Gasteiger partial charge in [0.1, 0.15) is 11.6 Å². The molecule has 5 heteroatoms. The Morgan fingerprint density at radius 2 is 2.07 bits per heavy atom. The minimum Gasteiger partial charge on any atom is -0.370 e. The summed E-state index contributed by atoms with van der Waals surface area (Å²) in [6.45, 7) is 2.05. The van der Waals surface area contributed by atoms with Crippen LogP contribution in [0.2, 0.25) is 0 Å². The number of nitrogens with zero attached hydrogens (tertiary/aromatic N) is 1. The monoisotopic (exact) mass is 213 g/mol. The second-order valence-electron chi connectivity index (χ2n) is 3.33. The van der Waals surface area contributed by atoms with E-state index in [1.54, 1.807) is 6.92 Å². The number of guanidine groups is 1. The zero-order valence-corrected chi connectivity index (χ0v) is 8.37. The second-order valence-corrected chi connectivity index (χ2v) is 3.33. The van der Waals surface area contributed by atoms with Gasteiger partial charge >= 0.3 is 0 Å². The molecule has 0 aliphatic rings. The van der Waals surface area contributed by atoms with Gasteiger partial charge < -0.3 is 11.5 Å². The van der Waals surface area contributed by atoms with Gasteiger partial charge in [0.2, 0.25) is 0 Å². The van der Waals surface area contributed by atoms with Crippen molar-refractivity contribution in [2.24, 2.45) is 16.5 Å². The van der Waals surface area contributed by atoms with E-state index >= 15 is 0 Å². The first-order chi connectivity index (χ1) is 7.00. The molecule has 0 radical (unpaired) electrons. The van der Waals surface area contributed by atoms with Gasteiger partial charge in [-0.1, -0.05) is 13.0 Å². The van der Waals surface area contributed by atoms with Crippen LogP contribution in [0.25, 0.3) is 0 Å². The number of halogens is 2. The summed E-state index contributed by atoms with van der Waals surface area (Å²) >= 11 is 0. The normalized spacial score (nSPS) is 12.2. The first kappa shape index (κ1) is 11.4. The lowest BCUT2D eigenvalue weighted by Crippen LogP contribution is -2.23. The van der Waals surface area contributed by atoms with Crippen molar-refractivity contribution in [2.45, 2.75) is 12.8 Å². The fourth-order valence-corrected chi connectivity index (χ4v) is 1.24. The summed E-state index contributed by atoms with van der Waals surface area (Å²) in [4.78, 5) is 3.78. The predicted molar refractivity (Wildman–Crippen MR) is 55.4 cm³/mol. The zero-order valence-electron chi connectivity index (χ0n) is 8.37.